The lowest BCUT2D eigenvalue weighted by Gasteiger charge is -2.04. The van der Waals surface area contributed by atoms with Crippen molar-refractivity contribution in [3.8, 4) is 0 Å². The van der Waals surface area contributed by atoms with Crippen LogP contribution in [-0.2, 0) is 16.2 Å². The minimum atomic E-state index is -0.500. The van der Waals surface area contributed by atoms with Crippen LogP contribution in [0.3, 0.4) is 0 Å². The topological polar surface area (TPSA) is 49.3 Å². The van der Waals surface area contributed by atoms with Gasteiger partial charge < -0.3 is 5.32 Å². The molecule has 0 saturated heterocycles. The minimum Gasteiger partial charge on any atom is -0.356 e. The van der Waals surface area contributed by atoms with Crippen molar-refractivity contribution in [2.24, 2.45) is 0 Å². The van der Waals surface area contributed by atoms with Gasteiger partial charge in [0.05, 0.1) is 4.21 Å². The molecule has 0 saturated carbocycles. The summed E-state index contributed by atoms with van der Waals surface area (Å²) >= 11 is -0.500. The van der Waals surface area contributed by atoms with Crippen molar-refractivity contribution in [2.75, 3.05) is 5.32 Å². The first-order valence-electron chi connectivity index (χ1n) is 4.67. The van der Waals surface area contributed by atoms with E-state index >= 15 is 0 Å². The molecule has 0 aliphatic rings. The molecule has 0 atom stereocenters. The zero-order chi connectivity index (χ0) is 11.6. The van der Waals surface area contributed by atoms with Gasteiger partial charge in [-0.3, -0.25) is 0 Å². The maximum atomic E-state index is 8.40. The van der Waals surface area contributed by atoms with Crippen LogP contribution in [-0.4, -0.2) is 4.55 Å². The van der Waals surface area contributed by atoms with E-state index in [1.165, 1.54) is 0 Å². The molecule has 3 nitrogen and oxygen atoms in total. The van der Waals surface area contributed by atoms with E-state index < -0.39 is 11.9 Å². The van der Waals surface area contributed by atoms with Crippen LogP contribution in [0.5, 0.6) is 0 Å². The zero-order valence-electron chi connectivity index (χ0n) is 8.54. The van der Waals surface area contributed by atoms with Crippen LogP contribution >= 0.6 is 0 Å². The Hall–Kier alpha value is -1.78. The number of nitrogens with one attached hydrogen (secondary N) is 1. The van der Waals surface area contributed by atoms with Crippen LogP contribution in [0.15, 0.2) is 60.7 Å². The van der Waals surface area contributed by atoms with Crippen LogP contribution in [0.1, 0.15) is 0 Å². The molecule has 2 rings (SSSR count). The van der Waals surface area contributed by atoms with Crippen molar-refractivity contribution in [1.82, 2.24) is 0 Å². The summed E-state index contributed by atoms with van der Waals surface area (Å²) in [5.74, 6) is 0. The van der Waals surface area contributed by atoms with Gasteiger partial charge in [-0.1, -0.05) is 41.0 Å². The number of rotatable bonds is 2. The predicted molar refractivity (Wildman–Crippen MR) is 66.8 cm³/mol. The van der Waals surface area contributed by atoms with Gasteiger partial charge in [-0.25, -0.2) is 0 Å². The first kappa shape index (κ1) is 12.3. The lowest BCUT2D eigenvalue weighted by molar-refractivity contribution is 0.538. The van der Waals surface area contributed by atoms with Gasteiger partial charge in [-0.15, -0.1) is 0 Å². The average molecular weight is 234 g/mol. The van der Waals surface area contributed by atoms with Crippen molar-refractivity contribution in [2.45, 2.75) is 0 Å². The Morgan fingerprint density at radius 2 is 1.12 bits per heavy atom. The Bertz CT molecular complexity index is 368. The molecule has 16 heavy (non-hydrogen) atoms. The van der Waals surface area contributed by atoms with Crippen LogP contribution in [0, 0.1) is 0 Å². The lowest BCUT2D eigenvalue weighted by atomic mass is 10.3. The van der Waals surface area contributed by atoms with Crippen molar-refractivity contribution >= 4 is 23.3 Å². The number of para-hydroxylation sites is 2. The van der Waals surface area contributed by atoms with E-state index in [1.807, 2.05) is 60.7 Å². The molecule has 0 spiro atoms. The van der Waals surface area contributed by atoms with Crippen LogP contribution in [0.4, 0.5) is 11.4 Å². The normalized spacial score (nSPS) is 8.56. The van der Waals surface area contributed by atoms with E-state index in [-0.39, 0.29) is 0 Å². The summed E-state index contributed by atoms with van der Waals surface area (Å²) < 4.78 is 15.3. The lowest BCUT2D eigenvalue weighted by Crippen LogP contribution is -1.87. The fraction of sp³-hybridized carbons (Fsp3) is 0. The van der Waals surface area contributed by atoms with Gasteiger partial charge in [-0.05, 0) is 24.3 Å². The highest BCUT2D eigenvalue weighted by atomic mass is 32.2. The number of benzene rings is 2. The standard InChI is InChI=1S/C12H11N.O2S/c1-3-7-11(8-4-1)13-12-9-5-2-6-10-12;1-3-2/h1-10,13H;/p+1. The van der Waals surface area contributed by atoms with Gasteiger partial charge in [0.15, 0.2) is 0 Å². The smallest absolute Gasteiger partial charge is 0.356 e. The second-order valence-corrected chi connectivity index (χ2v) is 3.08. The summed E-state index contributed by atoms with van der Waals surface area (Å²) in [6.07, 6.45) is 0. The highest BCUT2D eigenvalue weighted by molar-refractivity contribution is 7.59. The second kappa shape index (κ2) is 7.50. The molecular formula is C12H12NO2S+. The first-order valence-corrected chi connectivity index (χ1v) is 5.37. The molecule has 4 heteroatoms. The summed E-state index contributed by atoms with van der Waals surface area (Å²) in [6.45, 7) is 0. The molecule has 0 aliphatic carbocycles. The average Bonchev–Trinajstić information content (AvgIpc) is 2.33. The Morgan fingerprint density at radius 3 is 1.44 bits per heavy atom. The molecule has 0 aromatic heterocycles. The molecule has 0 bridgehead atoms. The Kier molecular flexibility index (Phi) is 5.76. The fourth-order valence-corrected chi connectivity index (χ4v) is 1.21. The van der Waals surface area contributed by atoms with Crippen molar-refractivity contribution < 1.29 is 8.76 Å². The molecule has 0 unspecified atom stereocenters. The van der Waals surface area contributed by atoms with Gasteiger partial charge in [0.2, 0.25) is 0 Å². The van der Waals surface area contributed by atoms with E-state index in [1.54, 1.807) is 0 Å². The molecular weight excluding hydrogens is 222 g/mol. The minimum absolute atomic E-state index is 0.500. The maximum Gasteiger partial charge on any atom is 0.690 e. The third-order valence-electron chi connectivity index (χ3n) is 1.84. The van der Waals surface area contributed by atoms with Crippen LogP contribution in [0.2, 0.25) is 0 Å². The summed E-state index contributed by atoms with van der Waals surface area (Å²) in [7, 11) is 0. The SMILES string of the molecule is O=[S+]O.c1ccc(Nc2ccccc2)cc1. The van der Waals surface area contributed by atoms with Crippen molar-refractivity contribution in [3.05, 3.63) is 60.7 Å². The Morgan fingerprint density at radius 1 is 0.812 bits per heavy atom. The van der Waals surface area contributed by atoms with E-state index in [0.29, 0.717) is 0 Å². The highest BCUT2D eigenvalue weighted by Gasteiger charge is 1.89. The number of anilines is 2. The molecule has 2 aromatic carbocycles. The van der Waals surface area contributed by atoms with Gasteiger partial charge in [0.1, 0.15) is 0 Å². The summed E-state index contributed by atoms with van der Waals surface area (Å²) in [6, 6.07) is 20.3. The monoisotopic (exact) mass is 234 g/mol. The Labute approximate surface area is 98.5 Å². The Balaban J connectivity index is 0.000000386. The first-order chi connectivity index (χ1) is 7.86. The third-order valence-corrected chi connectivity index (χ3v) is 1.84. The quantitative estimate of drug-likeness (QED) is 0.619. The molecule has 0 aliphatic heterocycles. The predicted octanol–water partition coefficient (Wildman–Crippen LogP) is 3.32. The summed E-state index contributed by atoms with van der Waals surface area (Å²) in [5, 5.41) is 3.30. The van der Waals surface area contributed by atoms with Gasteiger partial charge >= 0.3 is 11.9 Å². The molecule has 0 heterocycles. The summed E-state index contributed by atoms with van der Waals surface area (Å²) in [5.41, 5.74) is 2.24. The highest BCUT2D eigenvalue weighted by Crippen LogP contribution is 2.14. The van der Waals surface area contributed by atoms with E-state index in [4.69, 9.17) is 8.76 Å². The molecule has 0 radical (unpaired) electrons. The molecule has 0 amide bonds. The van der Waals surface area contributed by atoms with E-state index in [0.717, 1.165) is 11.4 Å². The maximum absolute atomic E-state index is 8.40. The largest absolute Gasteiger partial charge is 0.690 e. The van der Waals surface area contributed by atoms with Crippen molar-refractivity contribution in [3.63, 3.8) is 0 Å². The van der Waals surface area contributed by atoms with Gasteiger partial charge in [0, 0.05) is 11.4 Å². The van der Waals surface area contributed by atoms with Gasteiger partial charge in [0.25, 0.3) is 0 Å². The summed E-state index contributed by atoms with van der Waals surface area (Å²) in [4.78, 5) is 0. The second-order valence-electron chi connectivity index (χ2n) is 2.93. The molecule has 2 aromatic rings. The number of hydrogen-bond acceptors (Lipinski definition) is 2. The molecule has 2 N–H and O–H groups in total. The number of hydrogen-bond donors (Lipinski definition) is 2. The van der Waals surface area contributed by atoms with Crippen molar-refractivity contribution in [1.29, 1.82) is 0 Å². The third kappa shape index (κ3) is 4.63. The van der Waals surface area contributed by atoms with Gasteiger partial charge in [-0.2, -0.15) is 0 Å². The molecule has 0 fully saturated rings. The zero-order valence-corrected chi connectivity index (χ0v) is 9.35. The van der Waals surface area contributed by atoms with Crippen LogP contribution < -0.4 is 5.32 Å². The van der Waals surface area contributed by atoms with E-state index in [2.05, 4.69) is 5.32 Å². The van der Waals surface area contributed by atoms with Crippen LogP contribution in [0.25, 0.3) is 0 Å². The molecule has 82 valence electrons. The van der Waals surface area contributed by atoms with E-state index in [9.17, 15) is 0 Å². The fourth-order valence-electron chi connectivity index (χ4n) is 1.21.